The van der Waals surface area contributed by atoms with E-state index in [0.717, 1.165) is 22.4 Å². The minimum absolute atomic E-state index is 0.279. The molecule has 0 bridgehead atoms. The Morgan fingerprint density at radius 3 is 2.55 bits per heavy atom. The molecule has 0 saturated carbocycles. The maximum atomic E-state index is 13.5. The average Bonchev–Trinajstić information content (AvgIpc) is 3.32. The first-order chi connectivity index (χ1) is 15.7. The number of aryl methyl sites for hydroxylation is 1. The van der Waals surface area contributed by atoms with Gasteiger partial charge >= 0.3 is 5.97 Å². The number of nitrogens with one attached hydrogen (secondary N) is 3. The Bertz CT molecular complexity index is 1110. The number of amides is 2. The number of esters is 1. The van der Waals surface area contributed by atoms with E-state index in [1.165, 1.54) is 0 Å². The predicted molar refractivity (Wildman–Crippen MR) is 124 cm³/mol. The Kier molecular flexibility index (Phi) is 5.99. The van der Waals surface area contributed by atoms with Crippen molar-refractivity contribution < 1.29 is 24.2 Å². The summed E-state index contributed by atoms with van der Waals surface area (Å²) in [6, 6.07) is 9.81. The molecule has 2 amide bonds. The standard InChI is InChI=1S/C25H29N3O5/c1-5-33-23(31)16-7-9-17(10-8-16)26-22(30)19-12-20(15(4)29)28-25(19)18-11-6-13(2)14(3)21(18)27-24(25)32/h6-11,15,19-20,28-29H,5,12H2,1-4H3,(H,26,30)(H,27,32)/t15-,19-,20-,25+/m1/s1. The summed E-state index contributed by atoms with van der Waals surface area (Å²) in [7, 11) is 0. The average molecular weight is 452 g/mol. The second-order valence-electron chi connectivity index (χ2n) is 8.76. The fourth-order valence-corrected chi connectivity index (χ4v) is 4.77. The molecule has 1 saturated heterocycles. The van der Waals surface area contributed by atoms with Crippen molar-refractivity contribution in [3.05, 3.63) is 58.7 Å². The van der Waals surface area contributed by atoms with E-state index in [9.17, 15) is 19.5 Å². The number of ether oxygens (including phenoxy) is 1. The Balaban J connectivity index is 1.66. The summed E-state index contributed by atoms with van der Waals surface area (Å²) in [5.74, 6) is -1.81. The lowest BCUT2D eigenvalue weighted by Gasteiger charge is -2.29. The van der Waals surface area contributed by atoms with Crippen molar-refractivity contribution in [1.82, 2.24) is 5.32 Å². The summed E-state index contributed by atoms with van der Waals surface area (Å²) in [6.45, 7) is 7.57. The van der Waals surface area contributed by atoms with E-state index < -0.39 is 29.6 Å². The molecular formula is C25H29N3O5. The molecule has 174 valence electrons. The van der Waals surface area contributed by atoms with Crippen LogP contribution in [0.3, 0.4) is 0 Å². The molecule has 0 aromatic heterocycles. The zero-order valence-electron chi connectivity index (χ0n) is 19.2. The van der Waals surface area contributed by atoms with E-state index in [1.807, 2.05) is 26.0 Å². The van der Waals surface area contributed by atoms with Gasteiger partial charge in [-0.25, -0.2) is 4.79 Å². The van der Waals surface area contributed by atoms with Gasteiger partial charge in [0, 0.05) is 23.0 Å². The predicted octanol–water partition coefficient (Wildman–Crippen LogP) is 2.63. The van der Waals surface area contributed by atoms with Crippen molar-refractivity contribution in [2.24, 2.45) is 5.92 Å². The van der Waals surface area contributed by atoms with Gasteiger partial charge in [0.05, 0.1) is 24.2 Å². The van der Waals surface area contributed by atoms with Gasteiger partial charge in [-0.05, 0) is 69.5 Å². The molecule has 8 nitrogen and oxygen atoms in total. The third-order valence-electron chi connectivity index (χ3n) is 6.75. The first-order valence-corrected chi connectivity index (χ1v) is 11.1. The molecule has 2 aromatic rings. The van der Waals surface area contributed by atoms with Gasteiger partial charge in [-0.2, -0.15) is 0 Å². The molecular weight excluding hydrogens is 422 g/mol. The fourth-order valence-electron chi connectivity index (χ4n) is 4.77. The van der Waals surface area contributed by atoms with Crippen LogP contribution in [-0.2, 0) is 19.9 Å². The van der Waals surface area contributed by atoms with Crippen LogP contribution >= 0.6 is 0 Å². The molecule has 2 aromatic carbocycles. The molecule has 33 heavy (non-hydrogen) atoms. The molecule has 2 heterocycles. The molecule has 1 spiro atoms. The smallest absolute Gasteiger partial charge is 0.338 e. The van der Waals surface area contributed by atoms with Gasteiger partial charge in [0.25, 0.3) is 0 Å². The van der Waals surface area contributed by atoms with Crippen LogP contribution in [-0.4, -0.2) is 41.6 Å². The number of benzene rings is 2. The third-order valence-corrected chi connectivity index (χ3v) is 6.75. The summed E-state index contributed by atoms with van der Waals surface area (Å²) < 4.78 is 4.99. The number of rotatable bonds is 5. The number of carbonyl (C=O) groups is 3. The van der Waals surface area contributed by atoms with Crippen molar-refractivity contribution in [3.63, 3.8) is 0 Å². The van der Waals surface area contributed by atoms with Crippen LogP contribution in [0.25, 0.3) is 0 Å². The highest BCUT2D eigenvalue weighted by Crippen LogP contribution is 2.49. The van der Waals surface area contributed by atoms with Crippen LogP contribution in [0.2, 0.25) is 0 Å². The maximum absolute atomic E-state index is 13.5. The van der Waals surface area contributed by atoms with Gasteiger partial charge in [0.15, 0.2) is 0 Å². The summed E-state index contributed by atoms with van der Waals surface area (Å²) in [5, 5.41) is 19.4. The normalized spacial score (nSPS) is 24.3. The van der Waals surface area contributed by atoms with E-state index in [4.69, 9.17) is 4.74 Å². The van der Waals surface area contributed by atoms with E-state index in [1.54, 1.807) is 38.1 Å². The monoisotopic (exact) mass is 451 g/mol. The topological polar surface area (TPSA) is 117 Å². The van der Waals surface area contributed by atoms with Gasteiger partial charge in [-0.1, -0.05) is 12.1 Å². The zero-order valence-corrected chi connectivity index (χ0v) is 19.2. The van der Waals surface area contributed by atoms with Crippen LogP contribution in [0.1, 0.15) is 47.3 Å². The molecule has 4 rings (SSSR count). The number of aliphatic hydroxyl groups is 1. The van der Waals surface area contributed by atoms with Gasteiger partial charge < -0.3 is 20.5 Å². The summed E-state index contributed by atoms with van der Waals surface area (Å²) in [6.07, 6.45) is -0.448. The minimum Gasteiger partial charge on any atom is -0.462 e. The number of carbonyl (C=O) groups excluding carboxylic acids is 3. The molecule has 4 N–H and O–H groups in total. The van der Waals surface area contributed by atoms with Crippen molar-refractivity contribution in [2.45, 2.75) is 51.8 Å². The van der Waals surface area contributed by atoms with Gasteiger partial charge in [0.2, 0.25) is 11.8 Å². The van der Waals surface area contributed by atoms with Crippen LogP contribution in [0.4, 0.5) is 11.4 Å². The highest BCUT2D eigenvalue weighted by Gasteiger charge is 2.61. The lowest BCUT2D eigenvalue weighted by Crippen LogP contribution is -2.53. The van der Waals surface area contributed by atoms with Crippen LogP contribution in [0.5, 0.6) is 0 Å². The highest BCUT2D eigenvalue weighted by molar-refractivity contribution is 6.11. The highest BCUT2D eigenvalue weighted by atomic mass is 16.5. The van der Waals surface area contributed by atoms with E-state index in [0.29, 0.717) is 17.7 Å². The van der Waals surface area contributed by atoms with Crippen LogP contribution < -0.4 is 16.0 Å². The second kappa shape index (κ2) is 8.61. The van der Waals surface area contributed by atoms with Crippen molar-refractivity contribution in [3.8, 4) is 0 Å². The molecule has 0 unspecified atom stereocenters. The Labute approximate surface area is 192 Å². The summed E-state index contributed by atoms with van der Waals surface area (Å²) >= 11 is 0. The molecule has 0 radical (unpaired) electrons. The molecule has 0 aliphatic carbocycles. The van der Waals surface area contributed by atoms with Crippen molar-refractivity contribution in [1.29, 1.82) is 0 Å². The first-order valence-electron chi connectivity index (χ1n) is 11.1. The van der Waals surface area contributed by atoms with E-state index in [-0.39, 0.29) is 18.4 Å². The fraction of sp³-hybridized carbons (Fsp3) is 0.400. The third kappa shape index (κ3) is 3.79. The van der Waals surface area contributed by atoms with Gasteiger partial charge in [0.1, 0.15) is 5.54 Å². The van der Waals surface area contributed by atoms with Gasteiger partial charge in [-0.15, -0.1) is 0 Å². The maximum Gasteiger partial charge on any atom is 0.338 e. The number of hydrogen-bond donors (Lipinski definition) is 4. The summed E-state index contributed by atoms with van der Waals surface area (Å²) in [5.41, 5.74) is 3.05. The van der Waals surface area contributed by atoms with Crippen LogP contribution in [0, 0.1) is 19.8 Å². The molecule has 1 fully saturated rings. The SMILES string of the molecule is CCOC(=O)c1ccc(NC(=O)[C@H]2C[C@H]([C@@H](C)O)N[C@]23C(=O)Nc2c3ccc(C)c2C)cc1. The summed E-state index contributed by atoms with van der Waals surface area (Å²) in [4.78, 5) is 38.7. The zero-order chi connectivity index (χ0) is 23.9. The lowest BCUT2D eigenvalue weighted by atomic mass is 9.78. The van der Waals surface area contributed by atoms with E-state index >= 15 is 0 Å². The largest absolute Gasteiger partial charge is 0.462 e. The molecule has 4 atom stereocenters. The van der Waals surface area contributed by atoms with Gasteiger partial charge in [-0.3, -0.25) is 14.9 Å². The van der Waals surface area contributed by atoms with Crippen molar-refractivity contribution in [2.75, 3.05) is 17.2 Å². The Morgan fingerprint density at radius 2 is 1.91 bits per heavy atom. The second-order valence-corrected chi connectivity index (χ2v) is 8.76. The number of anilines is 2. The van der Waals surface area contributed by atoms with E-state index in [2.05, 4.69) is 16.0 Å². The molecule has 2 aliphatic heterocycles. The number of fused-ring (bicyclic) bond motifs is 2. The Hall–Kier alpha value is -3.23. The number of aliphatic hydroxyl groups excluding tert-OH is 1. The number of hydrogen-bond acceptors (Lipinski definition) is 6. The lowest BCUT2D eigenvalue weighted by molar-refractivity contribution is -0.130. The Morgan fingerprint density at radius 1 is 1.21 bits per heavy atom. The quantitative estimate of drug-likeness (QED) is 0.520. The minimum atomic E-state index is -1.27. The molecule has 2 aliphatic rings. The first kappa shape index (κ1) is 22.9. The van der Waals surface area contributed by atoms with Crippen LogP contribution in [0.15, 0.2) is 36.4 Å². The molecule has 8 heteroatoms. The van der Waals surface area contributed by atoms with Crippen molar-refractivity contribution >= 4 is 29.2 Å².